The van der Waals surface area contributed by atoms with Crippen molar-refractivity contribution in [3.8, 4) is 0 Å². The van der Waals surface area contributed by atoms with Crippen LogP contribution in [-0.2, 0) is 20.9 Å². The zero-order valence-electron chi connectivity index (χ0n) is 16.9. The number of fused-ring (bicyclic) bond motifs is 1. The van der Waals surface area contributed by atoms with Gasteiger partial charge in [0.15, 0.2) is 6.61 Å². The van der Waals surface area contributed by atoms with E-state index in [1.165, 1.54) is 34.0 Å². The average molecular weight is 466 g/mol. The number of esters is 1. The molecule has 7 nitrogen and oxygen atoms in total. The Morgan fingerprint density at radius 1 is 1.06 bits per heavy atom. The molecular weight excluding hydrogens is 446 g/mol. The molecule has 0 spiro atoms. The van der Waals surface area contributed by atoms with Gasteiger partial charge in [-0.15, -0.1) is 11.3 Å². The van der Waals surface area contributed by atoms with Gasteiger partial charge in [0.05, 0.1) is 23.8 Å². The van der Waals surface area contributed by atoms with Gasteiger partial charge in [-0.1, -0.05) is 42.1 Å². The fraction of sp³-hybridized carbons (Fsp3) is 0.130. The highest BCUT2D eigenvalue weighted by Gasteiger charge is 2.12. The van der Waals surface area contributed by atoms with E-state index >= 15 is 0 Å². The van der Waals surface area contributed by atoms with Crippen molar-refractivity contribution in [2.45, 2.75) is 22.8 Å². The van der Waals surface area contributed by atoms with Crippen LogP contribution >= 0.6 is 23.1 Å². The average Bonchev–Trinajstić information content (AvgIpc) is 3.29. The molecule has 0 bridgehead atoms. The first-order valence-electron chi connectivity index (χ1n) is 9.80. The number of carbonyl (C=O) groups excluding carboxylic acids is 2. The van der Waals surface area contributed by atoms with Crippen LogP contribution in [0.3, 0.4) is 0 Å². The Balaban J connectivity index is 1.29. The van der Waals surface area contributed by atoms with E-state index in [9.17, 15) is 14.4 Å². The van der Waals surface area contributed by atoms with Crippen LogP contribution in [0, 0.1) is 0 Å². The second-order valence-electron chi connectivity index (χ2n) is 6.75. The number of anilines is 1. The lowest BCUT2D eigenvalue weighted by molar-refractivity contribution is -0.147. The van der Waals surface area contributed by atoms with Crippen molar-refractivity contribution in [2.75, 3.05) is 11.9 Å². The summed E-state index contributed by atoms with van der Waals surface area (Å²) < 4.78 is 6.45. The van der Waals surface area contributed by atoms with E-state index in [0.717, 1.165) is 9.79 Å². The Kier molecular flexibility index (Phi) is 6.98. The van der Waals surface area contributed by atoms with Gasteiger partial charge in [-0.3, -0.25) is 19.0 Å². The molecule has 0 fully saturated rings. The van der Waals surface area contributed by atoms with Gasteiger partial charge in [-0.25, -0.2) is 4.98 Å². The molecule has 4 rings (SSSR count). The number of carbonyl (C=O) groups is 2. The second-order valence-corrected chi connectivity index (χ2v) is 8.76. The molecule has 32 heavy (non-hydrogen) atoms. The molecule has 0 aliphatic carbocycles. The van der Waals surface area contributed by atoms with E-state index in [-0.39, 0.29) is 18.5 Å². The third-order valence-corrected chi connectivity index (χ3v) is 6.41. The number of aryl methyl sites for hydroxylation is 1. The maximum atomic E-state index is 12.3. The lowest BCUT2D eigenvalue weighted by Gasteiger charge is -2.11. The van der Waals surface area contributed by atoms with Gasteiger partial charge in [-0.2, -0.15) is 0 Å². The number of nitrogens with one attached hydrogen (secondary N) is 1. The third-order valence-electron chi connectivity index (χ3n) is 4.50. The maximum Gasteiger partial charge on any atom is 0.308 e. The summed E-state index contributed by atoms with van der Waals surface area (Å²) in [7, 11) is 0. The largest absolute Gasteiger partial charge is 0.456 e. The first kappa shape index (κ1) is 21.8. The molecule has 0 aliphatic heterocycles. The molecule has 2 heterocycles. The topological polar surface area (TPSA) is 90.3 Å². The quantitative estimate of drug-likeness (QED) is 0.393. The summed E-state index contributed by atoms with van der Waals surface area (Å²) in [5.41, 5.74) is 0.443. The van der Waals surface area contributed by atoms with Crippen molar-refractivity contribution in [3.05, 3.63) is 82.7 Å². The fourth-order valence-electron chi connectivity index (χ4n) is 2.94. The highest BCUT2D eigenvalue weighted by atomic mass is 32.2. The van der Waals surface area contributed by atoms with Gasteiger partial charge in [0.25, 0.3) is 11.5 Å². The van der Waals surface area contributed by atoms with Gasteiger partial charge in [0.2, 0.25) is 0 Å². The molecule has 1 N–H and O–H groups in total. The first-order chi connectivity index (χ1) is 15.6. The van der Waals surface area contributed by atoms with Crippen molar-refractivity contribution >= 4 is 50.9 Å². The number of rotatable bonds is 8. The monoisotopic (exact) mass is 465 g/mol. The highest BCUT2D eigenvalue weighted by Crippen LogP contribution is 2.33. The zero-order chi connectivity index (χ0) is 22.3. The summed E-state index contributed by atoms with van der Waals surface area (Å²) in [6, 6.07) is 19.0. The van der Waals surface area contributed by atoms with E-state index in [1.807, 2.05) is 48.5 Å². The molecule has 0 saturated heterocycles. The SMILES string of the molecule is O=C(COC(=O)CCn1cnc2sccc2c1=O)Nc1ccccc1Sc1ccccc1. The van der Waals surface area contributed by atoms with Crippen LogP contribution < -0.4 is 10.9 Å². The minimum absolute atomic E-state index is 0.0367. The number of benzene rings is 2. The van der Waals surface area contributed by atoms with Crippen LogP contribution in [0.5, 0.6) is 0 Å². The maximum absolute atomic E-state index is 12.3. The Labute approximate surface area is 192 Å². The third kappa shape index (κ3) is 5.43. The molecule has 0 unspecified atom stereocenters. The van der Waals surface area contributed by atoms with Crippen LogP contribution in [0.25, 0.3) is 10.2 Å². The number of hydrogen-bond donors (Lipinski definition) is 1. The van der Waals surface area contributed by atoms with Crippen molar-refractivity contribution in [3.63, 3.8) is 0 Å². The molecule has 9 heteroatoms. The number of amides is 1. The van der Waals surface area contributed by atoms with E-state index in [1.54, 1.807) is 17.5 Å². The molecular formula is C23H19N3O4S2. The standard InChI is InChI=1S/C23H19N3O4S2/c27-20(25-18-8-4-5-9-19(18)32-16-6-2-1-3-7-16)14-30-21(28)10-12-26-15-24-22-17(23(26)29)11-13-31-22/h1-9,11,13,15H,10,12,14H2,(H,25,27). The Hall–Kier alpha value is -3.43. The molecule has 162 valence electrons. The van der Waals surface area contributed by atoms with E-state index < -0.39 is 18.5 Å². The van der Waals surface area contributed by atoms with Crippen molar-refractivity contribution in [1.82, 2.24) is 9.55 Å². The Bertz CT molecular complexity index is 1300. The Morgan fingerprint density at radius 2 is 1.84 bits per heavy atom. The predicted molar refractivity (Wildman–Crippen MR) is 125 cm³/mol. The summed E-state index contributed by atoms with van der Waals surface area (Å²) in [5, 5.41) is 5.11. The highest BCUT2D eigenvalue weighted by molar-refractivity contribution is 7.99. The predicted octanol–water partition coefficient (Wildman–Crippen LogP) is 4.18. The number of thiophene rings is 1. The van der Waals surface area contributed by atoms with E-state index in [0.29, 0.717) is 15.9 Å². The number of ether oxygens (including phenoxy) is 1. The minimum Gasteiger partial charge on any atom is -0.456 e. The molecule has 2 aromatic carbocycles. The molecule has 1 amide bonds. The van der Waals surface area contributed by atoms with E-state index in [4.69, 9.17) is 4.74 Å². The van der Waals surface area contributed by atoms with Gasteiger partial charge in [0.1, 0.15) is 4.83 Å². The van der Waals surface area contributed by atoms with Gasteiger partial charge in [0, 0.05) is 16.3 Å². The summed E-state index contributed by atoms with van der Waals surface area (Å²) in [5.74, 6) is -0.998. The van der Waals surface area contributed by atoms with Crippen LogP contribution in [0.4, 0.5) is 5.69 Å². The lowest BCUT2D eigenvalue weighted by atomic mass is 10.3. The van der Waals surface area contributed by atoms with Crippen LogP contribution in [0.1, 0.15) is 6.42 Å². The first-order valence-corrected chi connectivity index (χ1v) is 11.5. The number of para-hydroxylation sites is 1. The minimum atomic E-state index is -0.565. The van der Waals surface area contributed by atoms with Crippen LogP contribution in [0.2, 0.25) is 0 Å². The number of hydrogen-bond acceptors (Lipinski definition) is 7. The lowest BCUT2D eigenvalue weighted by Crippen LogP contribution is -2.24. The summed E-state index contributed by atoms with van der Waals surface area (Å²) >= 11 is 2.91. The zero-order valence-corrected chi connectivity index (χ0v) is 18.5. The molecule has 0 radical (unpaired) electrons. The summed E-state index contributed by atoms with van der Waals surface area (Å²) in [6.45, 7) is -0.269. The fourth-order valence-corrected chi connectivity index (χ4v) is 4.59. The number of aromatic nitrogens is 2. The summed E-state index contributed by atoms with van der Waals surface area (Å²) in [4.78, 5) is 43.5. The second kappa shape index (κ2) is 10.3. The van der Waals surface area contributed by atoms with Gasteiger partial charge >= 0.3 is 5.97 Å². The Morgan fingerprint density at radius 3 is 2.69 bits per heavy atom. The van der Waals surface area contributed by atoms with E-state index in [2.05, 4.69) is 10.3 Å². The van der Waals surface area contributed by atoms with Crippen LogP contribution in [0.15, 0.2) is 87.0 Å². The van der Waals surface area contributed by atoms with Gasteiger partial charge < -0.3 is 10.1 Å². The van der Waals surface area contributed by atoms with Gasteiger partial charge in [-0.05, 0) is 35.7 Å². The number of nitrogens with zero attached hydrogens (tertiary/aromatic N) is 2. The normalized spacial score (nSPS) is 10.8. The molecule has 0 saturated carbocycles. The van der Waals surface area contributed by atoms with Crippen molar-refractivity contribution in [2.24, 2.45) is 0 Å². The smallest absolute Gasteiger partial charge is 0.308 e. The molecule has 2 aromatic heterocycles. The molecule has 0 aliphatic rings. The molecule has 0 atom stereocenters. The summed E-state index contributed by atoms with van der Waals surface area (Å²) in [6.07, 6.45) is 1.38. The molecule has 4 aromatic rings. The van der Waals surface area contributed by atoms with Crippen LogP contribution in [-0.4, -0.2) is 28.0 Å². The van der Waals surface area contributed by atoms with Crippen molar-refractivity contribution in [1.29, 1.82) is 0 Å². The van der Waals surface area contributed by atoms with Crippen molar-refractivity contribution < 1.29 is 14.3 Å².